The number of aromatic nitrogens is 1. The van der Waals surface area contributed by atoms with Crippen LogP contribution >= 0.6 is 11.3 Å². The minimum atomic E-state index is -4.74. The summed E-state index contributed by atoms with van der Waals surface area (Å²) in [6.45, 7) is 2.90. The normalized spacial score (nSPS) is 15.9. The van der Waals surface area contributed by atoms with E-state index in [0.29, 0.717) is 13.1 Å². The van der Waals surface area contributed by atoms with Crippen LogP contribution < -0.4 is 4.90 Å². The van der Waals surface area contributed by atoms with E-state index in [9.17, 15) is 21.6 Å². The van der Waals surface area contributed by atoms with E-state index < -0.39 is 26.7 Å². The minimum absolute atomic E-state index is 0.0912. The molecular weight excluding hydrogens is 447 g/mol. The minimum Gasteiger partial charge on any atom is -0.345 e. The molecule has 164 valence electrons. The van der Waals surface area contributed by atoms with Crippen molar-refractivity contribution in [3.8, 4) is 11.3 Å². The Morgan fingerprint density at radius 2 is 1.61 bits per heavy atom. The zero-order valence-corrected chi connectivity index (χ0v) is 18.3. The summed E-state index contributed by atoms with van der Waals surface area (Å²) in [6, 6.07) is 12.3. The highest BCUT2D eigenvalue weighted by Gasteiger charge is 2.39. The molecule has 5 nitrogen and oxygen atoms in total. The summed E-state index contributed by atoms with van der Waals surface area (Å²) in [5, 5.41) is 2.71. The fourth-order valence-electron chi connectivity index (χ4n) is 3.45. The average molecular weight is 468 g/mol. The van der Waals surface area contributed by atoms with Gasteiger partial charge in [0.1, 0.15) is 0 Å². The molecule has 1 aromatic heterocycles. The van der Waals surface area contributed by atoms with E-state index in [1.807, 2.05) is 41.5 Å². The van der Waals surface area contributed by atoms with Crippen molar-refractivity contribution in [3.05, 3.63) is 65.0 Å². The van der Waals surface area contributed by atoms with E-state index in [4.69, 9.17) is 0 Å². The first-order chi connectivity index (χ1) is 14.7. The lowest BCUT2D eigenvalue weighted by Gasteiger charge is -2.34. The molecule has 0 bridgehead atoms. The van der Waals surface area contributed by atoms with Crippen LogP contribution in [0.1, 0.15) is 11.1 Å². The predicted molar refractivity (Wildman–Crippen MR) is 115 cm³/mol. The van der Waals surface area contributed by atoms with Crippen molar-refractivity contribution in [2.24, 2.45) is 0 Å². The molecule has 1 aliphatic rings. The molecule has 0 amide bonds. The van der Waals surface area contributed by atoms with Crippen molar-refractivity contribution in [1.82, 2.24) is 9.29 Å². The lowest BCUT2D eigenvalue weighted by atomic mass is 10.1. The summed E-state index contributed by atoms with van der Waals surface area (Å²) >= 11 is 1.46. The Bertz CT molecular complexity index is 1170. The third-order valence-electron chi connectivity index (χ3n) is 5.16. The molecule has 10 heteroatoms. The maximum atomic E-state index is 13.3. The number of hydrogen-bond donors (Lipinski definition) is 0. The highest BCUT2D eigenvalue weighted by Crippen LogP contribution is 2.35. The molecule has 1 fully saturated rings. The molecule has 2 heterocycles. The van der Waals surface area contributed by atoms with E-state index in [1.165, 1.54) is 23.5 Å². The van der Waals surface area contributed by atoms with Crippen LogP contribution in [0.15, 0.2) is 58.8 Å². The molecule has 0 radical (unpaired) electrons. The Morgan fingerprint density at radius 3 is 2.26 bits per heavy atom. The fourth-order valence-corrected chi connectivity index (χ4v) is 5.97. The molecule has 0 atom stereocenters. The monoisotopic (exact) mass is 467 g/mol. The molecule has 0 unspecified atom stereocenters. The van der Waals surface area contributed by atoms with E-state index in [0.717, 1.165) is 38.4 Å². The van der Waals surface area contributed by atoms with E-state index in [1.54, 1.807) is 0 Å². The van der Waals surface area contributed by atoms with Gasteiger partial charge in [0.05, 0.1) is 16.2 Å². The quantitative estimate of drug-likeness (QED) is 0.561. The molecule has 2 aromatic carbocycles. The largest absolute Gasteiger partial charge is 0.417 e. The maximum absolute atomic E-state index is 13.3. The number of thiazole rings is 1. The van der Waals surface area contributed by atoms with Crippen LogP contribution in [0, 0.1) is 6.92 Å². The first-order valence-electron chi connectivity index (χ1n) is 9.60. The summed E-state index contributed by atoms with van der Waals surface area (Å²) < 4.78 is 66.8. The van der Waals surface area contributed by atoms with E-state index in [2.05, 4.69) is 4.98 Å². The molecule has 0 N–H and O–H groups in total. The standard InChI is InChI=1S/C21H20F3N3O2S2/c1-15-6-8-16(9-7-15)18-14-30-20(25-18)26-10-12-27(13-11-26)31(28,29)19-5-3-2-4-17(19)21(22,23)24/h2-9,14H,10-13H2,1H3. The van der Waals surface area contributed by atoms with Crippen LogP contribution in [0.5, 0.6) is 0 Å². The van der Waals surface area contributed by atoms with Gasteiger partial charge in [0.2, 0.25) is 10.0 Å². The van der Waals surface area contributed by atoms with Gasteiger partial charge in [-0.2, -0.15) is 17.5 Å². The molecule has 1 saturated heterocycles. The molecule has 31 heavy (non-hydrogen) atoms. The van der Waals surface area contributed by atoms with Gasteiger partial charge in [0.15, 0.2) is 5.13 Å². The fraction of sp³-hybridized carbons (Fsp3) is 0.286. The molecule has 4 rings (SSSR count). The van der Waals surface area contributed by atoms with Crippen LogP contribution in [0.2, 0.25) is 0 Å². The van der Waals surface area contributed by atoms with Crippen LogP contribution in [0.4, 0.5) is 18.3 Å². The zero-order valence-electron chi connectivity index (χ0n) is 16.6. The number of benzene rings is 2. The molecule has 0 spiro atoms. The number of rotatable bonds is 4. The van der Waals surface area contributed by atoms with Crippen molar-refractivity contribution < 1.29 is 21.6 Å². The Morgan fingerprint density at radius 1 is 0.968 bits per heavy atom. The number of nitrogens with zero attached hydrogens (tertiary/aromatic N) is 3. The van der Waals surface area contributed by atoms with Gasteiger partial charge in [-0.15, -0.1) is 11.3 Å². The van der Waals surface area contributed by atoms with Gasteiger partial charge in [0.25, 0.3) is 0 Å². The van der Waals surface area contributed by atoms with Gasteiger partial charge in [-0.25, -0.2) is 13.4 Å². The number of hydrogen-bond acceptors (Lipinski definition) is 5. The second-order valence-electron chi connectivity index (χ2n) is 7.27. The Balaban J connectivity index is 1.49. The van der Waals surface area contributed by atoms with Crippen LogP contribution in [-0.4, -0.2) is 43.9 Å². The second-order valence-corrected chi connectivity index (χ2v) is 10.0. The van der Waals surface area contributed by atoms with Gasteiger partial charge in [0, 0.05) is 37.1 Å². The highest BCUT2D eigenvalue weighted by molar-refractivity contribution is 7.89. The van der Waals surface area contributed by atoms with Gasteiger partial charge >= 0.3 is 6.18 Å². The highest BCUT2D eigenvalue weighted by atomic mass is 32.2. The molecule has 1 aliphatic heterocycles. The van der Waals surface area contributed by atoms with Crippen molar-refractivity contribution >= 4 is 26.5 Å². The van der Waals surface area contributed by atoms with E-state index in [-0.39, 0.29) is 13.1 Å². The molecular formula is C21H20F3N3O2S2. The SMILES string of the molecule is Cc1ccc(-c2csc(N3CCN(S(=O)(=O)c4ccccc4C(F)(F)F)CC3)n2)cc1. The Labute approximate surface area is 182 Å². The van der Waals surface area contributed by atoms with E-state index >= 15 is 0 Å². The first kappa shape index (κ1) is 21.8. The third-order valence-corrected chi connectivity index (χ3v) is 8.02. The van der Waals surface area contributed by atoms with Crippen molar-refractivity contribution in [2.45, 2.75) is 18.0 Å². The third kappa shape index (κ3) is 4.46. The van der Waals surface area contributed by atoms with Crippen molar-refractivity contribution in [2.75, 3.05) is 31.1 Å². The predicted octanol–water partition coefficient (Wildman–Crippen LogP) is 4.65. The first-order valence-corrected chi connectivity index (χ1v) is 11.9. The summed E-state index contributed by atoms with van der Waals surface area (Å²) in [7, 11) is -4.25. The van der Waals surface area contributed by atoms with Crippen molar-refractivity contribution in [3.63, 3.8) is 0 Å². The lowest BCUT2D eigenvalue weighted by Crippen LogP contribution is -2.48. The van der Waals surface area contributed by atoms with Crippen LogP contribution in [0.3, 0.4) is 0 Å². The topological polar surface area (TPSA) is 53.5 Å². The Hall–Kier alpha value is -2.43. The number of piperazine rings is 1. The van der Waals surface area contributed by atoms with Gasteiger partial charge < -0.3 is 4.90 Å². The number of alkyl halides is 3. The maximum Gasteiger partial charge on any atom is 0.417 e. The summed E-state index contributed by atoms with van der Waals surface area (Å²) in [6.07, 6.45) is -4.74. The summed E-state index contributed by atoms with van der Waals surface area (Å²) in [5.41, 5.74) is 1.86. The number of sulfonamides is 1. The Kier molecular flexibility index (Phi) is 5.80. The smallest absolute Gasteiger partial charge is 0.345 e. The number of anilines is 1. The molecule has 3 aromatic rings. The van der Waals surface area contributed by atoms with Gasteiger partial charge in [-0.3, -0.25) is 0 Å². The number of halogens is 3. The molecule has 0 saturated carbocycles. The average Bonchev–Trinajstić information content (AvgIpc) is 3.24. The van der Waals surface area contributed by atoms with Crippen LogP contribution in [-0.2, 0) is 16.2 Å². The molecule has 0 aliphatic carbocycles. The van der Waals surface area contributed by atoms with Crippen molar-refractivity contribution in [1.29, 1.82) is 0 Å². The second kappa shape index (κ2) is 8.25. The van der Waals surface area contributed by atoms with Gasteiger partial charge in [-0.05, 0) is 19.1 Å². The van der Waals surface area contributed by atoms with Gasteiger partial charge in [-0.1, -0.05) is 42.0 Å². The lowest BCUT2D eigenvalue weighted by molar-refractivity contribution is -0.139. The summed E-state index contributed by atoms with van der Waals surface area (Å²) in [5.74, 6) is 0. The summed E-state index contributed by atoms with van der Waals surface area (Å²) in [4.78, 5) is 5.91. The zero-order chi connectivity index (χ0) is 22.2. The number of aryl methyl sites for hydroxylation is 1. The van der Waals surface area contributed by atoms with Crippen LogP contribution in [0.25, 0.3) is 11.3 Å².